The summed E-state index contributed by atoms with van der Waals surface area (Å²) in [7, 11) is 0. The molecule has 2 aliphatic carbocycles. The van der Waals surface area contributed by atoms with Gasteiger partial charge in [-0.3, -0.25) is 4.79 Å². The standard InChI is InChI=1S/C18H19N5O2/c1-8(2)23-10-5-6-11(24)13-15(22-25-16(13)9-3-4-9)12(10)14-17(19)20-7-21-18(14)23/h7-9H,3-6H2,1-2H3,(H2,19,20,21). The molecule has 7 nitrogen and oxygen atoms in total. The fourth-order valence-electron chi connectivity index (χ4n) is 3.99. The number of fused-ring (bicyclic) bond motifs is 5. The number of nitrogens with two attached hydrogens (primary N) is 1. The van der Waals surface area contributed by atoms with Crippen LogP contribution in [0.4, 0.5) is 5.82 Å². The number of hydrogen-bond acceptors (Lipinski definition) is 6. The van der Waals surface area contributed by atoms with E-state index in [2.05, 4.69) is 33.5 Å². The van der Waals surface area contributed by atoms with E-state index in [1.807, 2.05) is 0 Å². The van der Waals surface area contributed by atoms with Crippen molar-refractivity contribution in [3.05, 3.63) is 23.3 Å². The summed E-state index contributed by atoms with van der Waals surface area (Å²) >= 11 is 0. The number of rotatable bonds is 2. The van der Waals surface area contributed by atoms with Gasteiger partial charge in [-0.25, -0.2) is 9.97 Å². The van der Waals surface area contributed by atoms with Crippen LogP contribution in [-0.4, -0.2) is 25.5 Å². The fraction of sp³-hybridized carbons (Fsp3) is 0.444. The molecule has 7 heteroatoms. The van der Waals surface area contributed by atoms with Crippen LogP contribution in [0.25, 0.3) is 22.3 Å². The van der Waals surface area contributed by atoms with Crippen LogP contribution in [0, 0.1) is 0 Å². The predicted octanol–water partition coefficient (Wildman–Crippen LogP) is 3.26. The lowest BCUT2D eigenvalue weighted by atomic mass is 10.0. The first-order valence-corrected chi connectivity index (χ1v) is 8.74. The van der Waals surface area contributed by atoms with Gasteiger partial charge in [0.1, 0.15) is 23.5 Å². The Kier molecular flexibility index (Phi) is 2.87. The molecule has 1 saturated carbocycles. The minimum atomic E-state index is 0.105. The third-order valence-electron chi connectivity index (χ3n) is 5.20. The molecule has 0 saturated heterocycles. The van der Waals surface area contributed by atoms with Gasteiger partial charge >= 0.3 is 0 Å². The van der Waals surface area contributed by atoms with Crippen LogP contribution in [0.5, 0.6) is 0 Å². The fourth-order valence-corrected chi connectivity index (χ4v) is 3.99. The normalized spacial score (nSPS) is 17.0. The van der Waals surface area contributed by atoms with Crippen molar-refractivity contribution in [2.24, 2.45) is 0 Å². The first kappa shape index (κ1) is 14.6. The SMILES string of the molecule is CC(C)n1c2c(c3c(N)ncnc31)-c1noc(C3CC3)c1C(=O)CC2. The van der Waals surface area contributed by atoms with Crippen LogP contribution in [0.1, 0.15) is 66.9 Å². The van der Waals surface area contributed by atoms with Gasteiger partial charge in [0, 0.05) is 29.6 Å². The van der Waals surface area contributed by atoms with E-state index in [1.165, 1.54) is 6.33 Å². The van der Waals surface area contributed by atoms with Crippen molar-refractivity contribution in [2.45, 2.75) is 51.5 Å². The maximum Gasteiger partial charge on any atom is 0.169 e. The van der Waals surface area contributed by atoms with Crippen molar-refractivity contribution in [3.8, 4) is 11.3 Å². The average molecular weight is 337 g/mol. The molecular weight excluding hydrogens is 318 g/mol. The van der Waals surface area contributed by atoms with Crippen LogP contribution in [0.2, 0.25) is 0 Å². The number of ketones is 1. The van der Waals surface area contributed by atoms with E-state index in [0.717, 1.165) is 40.9 Å². The van der Waals surface area contributed by atoms with Gasteiger partial charge in [-0.2, -0.15) is 0 Å². The molecule has 0 radical (unpaired) electrons. The summed E-state index contributed by atoms with van der Waals surface area (Å²) in [5, 5.41) is 5.09. The lowest BCUT2D eigenvalue weighted by Crippen LogP contribution is -2.08. The van der Waals surface area contributed by atoms with E-state index >= 15 is 0 Å². The van der Waals surface area contributed by atoms with E-state index in [0.29, 0.717) is 35.8 Å². The van der Waals surface area contributed by atoms with E-state index < -0.39 is 0 Å². The van der Waals surface area contributed by atoms with Gasteiger partial charge in [-0.1, -0.05) is 5.16 Å². The summed E-state index contributed by atoms with van der Waals surface area (Å²) in [4.78, 5) is 21.5. The Balaban J connectivity index is 1.91. The topological polar surface area (TPSA) is 99.8 Å². The highest BCUT2D eigenvalue weighted by atomic mass is 16.5. The lowest BCUT2D eigenvalue weighted by molar-refractivity contribution is 0.0981. The van der Waals surface area contributed by atoms with Crippen molar-refractivity contribution >= 4 is 22.6 Å². The van der Waals surface area contributed by atoms with Crippen LogP contribution >= 0.6 is 0 Å². The summed E-state index contributed by atoms with van der Waals surface area (Å²) in [6, 6.07) is 0.187. The first-order chi connectivity index (χ1) is 12.1. The van der Waals surface area contributed by atoms with Gasteiger partial charge in [0.15, 0.2) is 11.5 Å². The molecule has 3 aromatic heterocycles. The molecule has 2 N–H and O–H groups in total. The molecule has 5 rings (SSSR count). The van der Waals surface area contributed by atoms with Gasteiger partial charge in [0.2, 0.25) is 0 Å². The van der Waals surface area contributed by atoms with Gasteiger partial charge in [-0.05, 0) is 33.1 Å². The Bertz CT molecular complexity index is 1030. The molecule has 0 aromatic carbocycles. The van der Waals surface area contributed by atoms with Gasteiger partial charge in [0.05, 0.1) is 10.9 Å². The van der Waals surface area contributed by atoms with E-state index in [-0.39, 0.29) is 11.8 Å². The molecule has 25 heavy (non-hydrogen) atoms. The predicted molar refractivity (Wildman–Crippen MR) is 92.4 cm³/mol. The van der Waals surface area contributed by atoms with E-state index in [1.54, 1.807) is 0 Å². The van der Waals surface area contributed by atoms with Gasteiger partial charge in [-0.15, -0.1) is 0 Å². The largest absolute Gasteiger partial charge is 0.383 e. The zero-order valence-corrected chi connectivity index (χ0v) is 14.2. The Morgan fingerprint density at radius 1 is 1.24 bits per heavy atom. The second-order valence-corrected chi connectivity index (χ2v) is 7.21. The number of carbonyl (C=O) groups excluding carboxylic acids is 1. The number of Topliss-reactive ketones (excluding diaryl/α,β-unsaturated/α-hetero) is 1. The van der Waals surface area contributed by atoms with Crippen LogP contribution < -0.4 is 5.73 Å². The van der Waals surface area contributed by atoms with Crippen LogP contribution in [0.3, 0.4) is 0 Å². The summed E-state index contributed by atoms with van der Waals surface area (Å²) < 4.78 is 7.77. The molecule has 128 valence electrons. The van der Waals surface area contributed by atoms with Crippen LogP contribution in [-0.2, 0) is 6.42 Å². The third-order valence-corrected chi connectivity index (χ3v) is 5.20. The smallest absolute Gasteiger partial charge is 0.169 e. The maximum absolute atomic E-state index is 12.8. The number of aromatic nitrogens is 4. The summed E-state index contributed by atoms with van der Waals surface area (Å²) in [5.41, 5.74) is 10.2. The summed E-state index contributed by atoms with van der Waals surface area (Å²) in [6.45, 7) is 4.20. The summed E-state index contributed by atoms with van der Waals surface area (Å²) in [6.07, 6.45) is 4.68. The Morgan fingerprint density at radius 3 is 2.76 bits per heavy atom. The molecule has 1 fully saturated rings. The highest BCUT2D eigenvalue weighted by Crippen LogP contribution is 2.48. The molecule has 0 spiro atoms. The number of carbonyl (C=O) groups is 1. The van der Waals surface area contributed by atoms with Crippen molar-refractivity contribution in [1.29, 1.82) is 0 Å². The number of nitrogens with zero attached hydrogens (tertiary/aromatic N) is 4. The minimum absolute atomic E-state index is 0.105. The monoisotopic (exact) mass is 337 g/mol. The molecule has 0 unspecified atom stereocenters. The second-order valence-electron chi connectivity index (χ2n) is 7.21. The minimum Gasteiger partial charge on any atom is -0.383 e. The second kappa shape index (κ2) is 4.91. The number of anilines is 1. The highest BCUT2D eigenvalue weighted by molar-refractivity contribution is 6.10. The third kappa shape index (κ3) is 1.92. The molecule has 3 aromatic rings. The molecule has 0 aliphatic heterocycles. The van der Waals surface area contributed by atoms with E-state index in [9.17, 15) is 4.79 Å². The zero-order chi connectivity index (χ0) is 17.3. The van der Waals surface area contributed by atoms with Crippen molar-refractivity contribution in [1.82, 2.24) is 19.7 Å². The lowest BCUT2D eigenvalue weighted by Gasteiger charge is -2.13. The molecule has 0 amide bonds. The van der Waals surface area contributed by atoms with E-state index in [4.69, 9.17) is 10.3 Å². The van der Waals surface area contributed by atoms with Gasteiger partial charge in [0.25, 0.3) is 0 Å². The van der Waals surface area contributed by atoms with Gasteiger partial charge < -0.3 is 14.8 Å². The molecule has 0 atom stereocenters. The zero-order valence-electron chi connectivity index (χ0n) is 14.2. The Labute approximate surface area is 144 Å². The van der Waals surface area contributed by atoms with Crippen molar-refractivity contribution in [2.75, 3.05) is 5.73 Å². The summed E-state index contributed by atoms with van der Waals surface area (Å²) in [5.74, 6) is 1.59. The number of nitrogen functional groups attached to an aromatic ring is 1. The van der Waals surface area contributed by atoms with Crippen molar-refractivity contribution < 1.29 is 9.32 Å². The number of hydrogen-bond donors (Lipinski definition) is 1. The molecule has 2 aliphatic rings. The quantitative estimate of drug-likeness (QED) is 0.770. The average Bonchev–Trinajstić information content (AvgIpc) is 3.26. The molecule has 0 bridgehead atoms. The molecular formula is C18H19N5O2. The highest BCUT2D eigenvalue weighted by Gasteiger charge is 2.39. The Hall–Kier alpha value is -2.70. The van der Waals surface area contributed by atoms with Crippen LogP contribution in [0.15, 0.2) is 10.9 Å². The maximum atomic E-state index is 12.8. The van der Waals surface area contributed by atoms with Crippen molar-refractivity contribution in [3.63, 3.8) is 0 Å². The first-order valence-electron chi connectivity index (χ1n) is 8.74. The molecule has 3 heterocycles. The Morgan fingerprint density at radius 2 is 2.04 bits per heavy atom.